The molecule has 1 aromatic carbocycles. The van der Waals surface area contributed by atoms with Gasteiger partial charge in [-0.2, -0.15) is 0 Å². The first-order chi connectivity index (χ1) is 7.43. The maximum absolute atomic E-state index is 10.9. The topological polar surface area (TPSA) is 104 Å². The lowest BCUT2D eigenvalue weighted by Gasteiger charge is -2.08. The molecule has 0 radical (unpaired) electrons. The average molecular weight is 223 g/mol. The molecule has 84 valence electrons. The highest BCUT2D eigenvalue weighted by Crippen LogP contribution is 2.20. The largest absolute Gasteiger partial charge is 0.478 e. The standard InChI is InChI=1S/C10H9NO5/c1-5(12)11-7-4-2-3-6(9(13)14)8(7)10(15)16/h2-4H,1H3,(H,11,12)(H,13,14)(H,15,16). The van der Waals surface area contributed by atoms with E-state index in [9.17, 15) is 14.4 Å². The lowest BCUT2D eigenvalue weighted by molar-refractivity contribution is -0.114. The SMILES string of the molecule is CC(=O)Nc1cccc(C(=O)O)c1C(=O)O. The summed E-state index contributed by atoms with van der Waals surface area (Å²) in [5.41, 5.74) is -0.816. The zero-order valence-corrected chi connectivity index (χ0v) is 8.35. The Labute approximate surface area is 90.5 Å². The first-order valence-corrected chi connectivity index (χ1v) is 4.30. The highest BCUT2D eigenvalue weighted by Gasteiger charge is 2.20. The van der Waals surface area contributed by atoms with Crippen LogP contribution in [0.3, 0.4) is 0 Å². The smallest absolute Gasteiger partial charge is 0.338 e. The van der Waals surface area contributed by atoms with Gasteiger partial charge in [-0.1, -0.05) is 6.07 Å². The van der Waals surface area contributed by atoms with Crippen LogP contribution in [0, 0.1) is 0 Å². The molecule has 6 nitrogen and oxygen atoms in total. The van der Waals surface area contributed by atoms with Crippen LogP contribution in [0.4, 0.5) is 5.69 Å². The number of benzene rings is 1. The number of carbonyl (C=O) groups is 3. The van der Waals surface area contributed by atoms with Crippen LogP contribution in [0.25, 0.3) is 0 Å². The van der Waals surface area contributed by atoms with Crippen molar-refractivity contribution in [3.8, 4) is 0 Å². The van der Waals surface area contributed by atoms with Gasteiger partial charge in [-0.15, -0.1) is 0 Å². The first-order valence-electron chi connectivity index (χ1n) is 4.30. The van der Waals surface area contributed by atoms with Crippen LogP contribution in [0.15, 0.2) is 18.2 Å². The monoisotopic (exact) mass is 223 g/mol. The zero-order valence-electron chi connectivity index (χ0n) is 8.35. The molecule has 1 aromatic rings. The summed E-state index contributed by atoms with van der Waals surface area (Å²) in [5.74, 6) is -3.23. The van der Waals surface area contributed by atoms with Gasteiger partial charge in [0.1, 0.15) is 0 Å². The van der Waals surface area contributed by atoms with E-state index in [1.165, 1.54) is 19.1 Å². The van der Waals surface area contributed by atoms with Gasteiger partial charge in [0.05, 0.1) is 16.8 Å². The molecule has 1 rings (SSSR count). The van der Waals surface area contributed by atoms with E-state index in [4.69, 9.17) is 10.2 Å². The Morgan fingerprint density at radius 2 is 1.75 bits per heavy atom. The van der Waals surface area contributed by atoms with E-state index < -0.39 is 23.4 Å². The van der Waals surface area contributed by atoms with Gasteiger partial charge >= 0.3 is 11.9 Å². The molecule has 0 spiro atoms. The Morgan fingerprint density at radius 3 is 2.19 bits per heavy atom. The molecule has 0 aromatic heterocycles. The van der Waals surface area contributed by atoms with Crippen LogP contribution in [-0.2, 0) is 4.79 Å². The van der Waals surface area contributed by atoms with Crippen molar-refractivity contribution < 1.29 is 24.6 Å². The zero-order chi connectivity index (χ0) is 12.3. The van der Waals surface area contributed by atoms with Crippen molar-refractivity contribution in [2.45, 2.75) is 6.92 Å². The Kier molecular flexibility index (Phi) is 3.24. The molecule has 0 heterocycles. The number of aromatic carboxylic acids is 2. The molecule has 0 unspecified atom stereocenters. The fourth-order valence-electron chi connectivity index (χ4n) is 1.25. The molecule has 0 fully saturated rings. The average Bonchev–Trinajstić information content (AvgIpc) is 2.15. The molecule has 3 N–H and O–H groups in total. The summed E-state index contributed by atoms with van der Waals surface area (Å²) < 4.78 is 0. The van der Waals surface area contributed by atoms with Crippen LogP contribution >= 0.6 is 0 Å². The molecule has 0 aliphatic heterocycles. The number of amides is 1. The van der Waals surface area contributed by atoms with E-state index in [0.717, 1.165) is 6.07 Å². The Morgan fingerprint density at radius 1 is 1.12 bits per heavy atom. The molecule has 6 heteroatoms. The van der Waals surface area contributed by atoms with Gasteiger partial charge in [-0.05, 0) is 12.1 Å². The molecule has 1 amide bonds. The highest BCUT2D eigenvalue weighted by molar-refractivity contribution is 6.08. The maximum atomic E-state index is 10.9. The molecule has 0 aliphatic carbocycles. The summed E-state index contributed by atoms with van der Waals surface area (Å²) in [6.07, 6.45) is 0. The number of hydrogen-bond donors (Lipinski definition) is 3. The summed E-state index contributed by atoms with van der Waals surface area (Å²) in [5, 5.41) is 20.0. The molecule has 0 bridgehead atoms. The van der Waals surface area contributed by atoms with Crippen LogP contribution in [0.2, 0.25) is 0 Å². The number of carboxylic acids is 2. The fourth-order valence-corrected chi connectivity index (χ4v) is 1.25. The minimum atomic E-state index is -1.40. The molecular formula is C10H9NO5. The second-order valence-electron chi connectivity index (χ2n) is 3.02. The van der Waals surface area contributed by atoms with Gasteiger partial charge in [0.25, 0.3) is 0 Å². The van der Waals surface area contributed by atoms with Crippen molar-refractivity contribution >= 4 is 23.5 Å². The predicted octanol–water partition coefficient (Wildman–Crippen LogP) is 1.04. The second-order valence-corrected chi connectivity index (χ2v) is 3.02. The van der Waals surface area contributed by atoms with Gasteiger partial charge in [-0.3, -0.25) is 4.79 Å². The third-order valence-electron chi connectivity index (χ3n) is 1.82. The minimum Gasteiger partial charge on any atom is -0.478 e. The lowest BCUT2D eigenvalue weighted by Crippen LogP contribution is -2.14. The van der Waals surface area contributed by atoms with Crippen LogP contribution in [0.5, 0.6) is 0 Å². The summed E-state index contributed by atoms with van der Waals surface area (Å²) in [4.78, 5) is 32.5. The quantitative estimate of drug-likeness (QED) is 0.710. The summed E-state index contributed by atoms with van der Waals surface area (Å²) in [6, 6.07) is 3.86. The van der Waals surface area contributed by atoms with Crippen LogP contribution < -0.4 is 5.32 Å². The van der Waals surface area contributed by atoms with Gasteiger partial charge in [0, 0.05) is 6.92 Å². The Balaban J connectivity index is 3.38. The van der Waals surface area contributed by atoms with Gasteiger partial charge in [0.2, 0.25) is 5.91 Å². The van der Waals surface area contributed by atoms with E-state index in [1.54, 1.807) is 0 Å². The molecule has 0 aliphatic rings. The van der Waals surface area contributed by atoms with Crippen LogP contribution in [0.1, 0.15) is 27.6 Å². The maximum Gasteiger partial charge on any atom is 0.338 e. The third kappa shape index (κ3) is 2.35. The third-order valence-corrected chi connectivity index (χ3v) is 1.82. The Bertz CT molecular complexity index is 466. The molecular weight excluding hydrogens is 214 g/mol. The molecule has 16 heavy (non-hydrogen) atoms. The lowest BCUT2D eigenvalue weighted by atomic mass is 10.1. The van der Waals surface area contributed by atoms with Gasteiger partial charge in [0.15, 0.2) is 0 Å². The van der Waals surface area contributed by atoms with Crippen LogP contribution in [-0.4, -0.2) is 28.1 Å². The highest BCUT2D eigenvalue weighted by atomic mass is 16.4. The minimum absolute atomic E-state index is 0.0279. The van der Waals surface area contributed by atoms with Crippen molar-refractivity contribution in [3.63, 3.8) is 0 Å². The van der Waals surface area contributed by atoms with E-state index in [-0.39, 0.29) is 11.3 Å². The summed E-state index contributed by atoms with van der Waals surface area (Å²) in [6.45, 7) is 1.21. The molecule has 0 saturated heterocycles. The summed E-state index contributed by atoms with van der Waals surface area (Å²) >= 11 is 0. The molecule has 0 atom stereocenters. The fraction of sp³-hybridized carbons (Fsp3) is 0.100. The number of anilines is 1. The number of rotatable bonds is 3. The number of carbonyl (C=O) groups excluding carboxylic acids is 1. The normalized spacial score (nSPS) is 9.56. The summed E-state index contributed by atoms with van der Waals surface area (Å²) in [7, 11) is 0. The number of carboxylic acid groups (broad SMARTS) is 2. The Hall–Kier alpha value is -2.37. The van der Waals surface area contributed by atoms with Gasteiger partial charge < -0.3 is 15.5 Å². The van der Waals surface area contributed by atoms with E-state index in [0.29, 0.717) is 0 Å². The van der Waals surface area contributed by atoms with E-state index in [2.05, 4.69) is 5.32 Å². The van der Waals surface area contributed by atoms with E-state index in [1.807, 2.05) is 0 Å². The molecule has 0 saturated carbocycles. The predicted molar refractivity (Wildman–Crippen MR) is 54.7 cm³/mol. The van der Waals surface area contributed by atoms with Gasteiger partial charge in [-0.25, -0.2) is 9.59 Å². The first kappa shape index (κ1) is 11.7. The van der Waals surface area contributed by atoms with Crippen molar-refractivity contribution in [1.29, 1.82) is 0 Å². The number of hydrogen-bond acceptors (Lipinski definition) is 3. The second kappa shape index (κ2) is 4.43. The number of nitrogens with one attached hydrogen (secondary N) is 1. The van der Waals surface area contributed by atoms with Crippen molar-refractivity contribution in [3.05, 3.63) is 29.3 Å². The van der Waals surface area contributed by atoms with Crippen molar-refractivity contribution in [2.24, 2.45) is 0 Å². The van der Waals surface area contributed by atoms with Crippen molar-refractivity contribution in [1.82, 2.24) is 0 Å². The van der Waals surface area contributed by atoms with E-state index >= 15 is 0 Å². The van der Waals surface area contributed by atoms with Crippen molar-refractivity contribution in [2.75, 3.05) is 5.32 Å².